The van der Waals surface area contributed by atoms with Crippen LogP contribution in [0.1, 0.15) is 51.5 Å². The van der Waals surface area contributed by atoms with Crippen LogP contribution in [-0.2, 0) is 4.79 Å². The number of amides is 1. The Morgan fingerprint density at radius 1 is 1.29 bits per heavy atom. The lowest BCUT2D eigenvalue weighted by molar-refractivity contribution is -0.133. The zero-order valence-electron chi connectivity index (χ0n) is 15.2. The van der Waals surface area contributed by atoms with E-state index < -0.39 is 0 Å². The molecule has 130 valence electrons. The summed E-state index contributed by atoms with van der Waals surface area (Å²) in [4.78, 5) is 15.5. The Labute approximate surface area is 144 Å². The fraction of sp³-hybridized carbons (Fsp3) is 0.650. The first-order chi connectivity index (χ1) is 11.3. The molecule has 4 rings (SSSR count). The van der Waals surface area contributed by atoms with Crippen LogP contribution in [0, 0.1) is 10.8 Å². The lowest BCUT2D eigenvalue weighted by atomic mass is 9.65. The quantitative estimate of drug-likeness (QED) is 0.901. The number of nitrogens with one attached hydrogen (secondary N) is 1. The average molecular weight is 328 g/mol. The summed E-state index contributed by atoms with van der Waals surface area (Å²) >= 11 is 0. The minimum atomic E-state index is -0.0823. The molecule has 24 heavy (non-hydrogen) atoms. The number of ether oxygens (including phenoxy) is 1. The van der Waals surface area contributed by atoms with Crippen LogP contribution >= 0.6 is 0 Å². The number of nitrogens with zero attached hydrogens (tertiary/aromatic N) is 1. The molecule has 4 heteroatoms. The van der Waals surface area contributed by atoms with Gasteiger partial charge in [-0.15, -0.1) is 0 Å². The second-order valence-corrected chi connectivity index (χ2v) is 9.07. The fourth-order valence-corrected chi connectivity index (χ4v) is 5.58. The molecule has 2 heterocycles. The zero-order chi connectivity index (χ0) is 17.1. The topological polar surface area (TPSA) is 41.6 Å². The van der Waals surface area contributed by atoms with E-state index in [1.54, 1.807) is 7.11 Å². The summed E-state index contributed by atoms with van der Waals surface area (Å²) in [5.74, 6) is 1.03. The number of anilines is 1. The third kappa shape index (κ3) is 2.47. The van der Waals surface area contributed by atoms with E-state index in [1.807, 2.05) is 18.2 Å². The molecule has 1 saturated heterocycles. The number of likely N-dealkylation sites (tertiary alicyclic amines) is 1. The molecule has 1 saturated carbocycles. The summed E-state index contributed by atoms with van der Waals surface area (Å²) in [6.07, 6.45) is 3.50. The Balaban J connectivity index is 1.61. The molecule has 1 N–H and O–H groups in total. The minimum Gasteiger partial charge on any atom is -0.497 e. The molecule has 3 atom stereocenters. The summed E-state index contributed by atoms with van der Waals surface area (Å²) in [5, 5.41) is 3.39. The number of fused-ring (bicyclic) bond motifs is 3. The number of hydrogen-bond acceptors (Lipinski definition) is 3. The van der Waals surface area contributed by atoms with E-state index in [0.717, 1.165) is 36.4 Å². The van der Waals surface area contributed by atoms with E-state index in [9.17, 15) is 4.79 Å². The molecule has 0 spiro atoms. The van der Waals surface area contributed by atoms with Crippen molar-refractivity contribution in [1.29, 1.82) is 0 Å². The first-order valence-corrected chi connectivity index (χ1v) is 9.03. The molecule has 1 aromatic carbocycles. The molecule has 2 aliphatic heterocycles. The highest BCUT2D eigenvalue weighted by Crippen LogP contribution is 2.53. The summed E-state index contributed by atoms with van der Waals surface area (Å²) in [6, 6.07) is 6.39. The van der Waals surface area contributed by atoms with Crippen molar-refractivity contribution in [3.8, 4) is 5.75 Å². The molecule has 0 aromatic heterocycles. The highest BCUT2D eigenvalue weighted by molar-refractivity contribution is 5.89. The van der Waals surface area contributed by atoms with E-state index >= 15 is 0 Å². The van der Waals surface area contributed by atoms with Crippen molar-refractivity contribution in [2.75, 3.05) is 25.5 Å². The third-order valence-corrected chi connectivity index (χ3v) is 6.13. The standard InChI is InChI=1S/C20H28N2O2/c1-19(2)8-13-9-20(3,11-19)12-22(13)18(23)16-10-21-17-6-5-14(24-4)7-15(16)17/h5-7,13,16,21H,8-12H2,1-4H3. The fourth-order valence-electron chi connectivity index (χ4n) is 5.58. The molecule has 2 bridgehead atoms. The van der Waals surface area contributed by atoms with Crippen LogP contribution in [0.15, 0.2) is 18.2 Å². The molecule has 3 aliphatic rings. The van der Waals surface area contributed by atoms with Gasteiger partial charge >= 0.3 is 0 Å². The van der Waals surface area contributed by atoms with Crippen LogP contribution in [0.3, 0.4) is 0 Å². The summed E-state index contributed by atoms with van der Waals surface area (Å²) in [7, 11) is 1.67. The zero-order valence-corrected chi connectivity index (χ0v) is 15.2. The van der Waals surface area contributed by atoms with Gasteiger partial charge in [0, 0.05) is 24.8 Å². The predicted octanol–water partition coefficient (Wildman–Crippen LogP) is 3.63. The Hall–Kier alpha value is -1.71. The Bertz CT molecular complexity index is 684. The van der Waals surface area contributed by atoms with Gasteiger partial charge in [-0.2, -0.15) is 0 Å². The van der Waals surface area contributed by atoms with Crippen LogP contribution in [0.4, 0.5) is 5.69 Å². The van der Waals surface area contributed by atoms with Crippen molar-refractivity contribution in [3.05, 3.63) is 23.8 Å². The minimum absolute atomic E-state index is 0.0823. The number of carbonyl (C=O) groups is 1. The van der Waals surface area contributed by atoms with Crippen molar-refractivity contribution in [2.45, 2.75) is 52.0 Å². The highest BCUT2D eigenvalue weighted by atomic mass is 16.5. The van der Waals surface area contributed by atoms with Gasteiger partial charge in [0.2, 0.25) is 5.91 Å². The van der Waals surface area contributed by atoms with Gasteiger partial charge in [-0.05, 0) is 53.9 Å². The van der Waals surface area contributed by atoms with E-state index in [2.05, 4.69) is 31.0 Å². The van der Waals surface area contributed by atoms with Crippen LogP contribution in [0.2, 0.25) is 0 Å². The van der Waals surface area contributed by atoms with Gasteiger partial charge in [-0.3, -0.25) is 4.79 Å². The van der Waals surface area contributed by atoms with Crippen LogP contribution in [-0.4, -0.2) is 37.0 Å². The SMILES string of the molecule is COc1ccc2c(c1)C(C(=O)N1CC3(C)CC1CC(C)(C)C3)CN2. The van der Waals surface area contributed by atoms with Crippen LogP contribution in [0.5, 0.6) is 5.75 Å². The normalized spacial score (nSPS) is 33.1. The molecular formula is C20H28N2O2. The lowest BCUT2D eigenvalue weighted by Crippen LogP contribution is -2.40. The first kappa shape index (κ1) is 15.8. The maximum atomic E-state index is 13.4. The monoisotopic (exact) mass is 328 g/mol. The molecule has 1 aromatic rings. The maximum Gasteiger partial charge on any atom is 0.232 e. The van der Waals surface area contributed by atoms with Crippen LogP contribution in [0.25, 0.3) is 0 Å². The largest absolute Gasteiger partial charge is 0.497 e. The average Bonchev–Trinajstić information content (AvgIpc) is 3.03. The molecule has 0 radical (unpaired) electrons. The van der Waals surface area contributed by atoms with Gasteiger partial charge in [0.1, 0.15) is 5.75 Å². The number of hydrogen-bond donors (Lipinski definition) is 1. The molecular weight excluding hydrogens is 300 g/mol. The van der Waals surface area contributed by atoms with Gasteiger partial charge in [-0.25, -0.2) is 0 Å². The number of benzene rings is 1. The van der Waals surface area contributed by atoms with Crippen molar-refractivity contribution in [2.24, 2.45) is 10.8 Å². The van der Waals surface area contributed by atoms with E-state index in [-0.39, 0.29) is 11.3 Å². The molecule has 1 aliphatic carbocycles. The number of carbonyl (C=O) groups excluding carboxylic acids is 1. The molecule has 4 nitrogen and oxygen atoms in total. The lowest BCUT2D eigenvalue weighted by Gasteiger charge is -2.39. The van der Waals surface area contributed by atoms with Crippen LogP contribution < -0.4 is 10.1 Å². The van der Waals surface area contributed by atoms with Gasteiger partial charge in [-0.1, -0.05) is 20.8 Å². The molecule has 1 amide bonds. The van der Waals surface area contributed by atoms with E-state index in [1.165, 1.54) is 6.42 Å². The third-order valence-electron chi connectivity index (χ3n) is 6.13. The predicted molar refractivity (Wildman–Crippen MR) is 95.5 cm³/mol. The number of methoxy groups -OCH3 is 1. The van der Waals surface area contributed by atoms with Gasteiger partial charge in [0.25, 0.3) is 0 Å². The van der Waals surface area contributed by atoms with Gasteiger partial charge in [0.05, 0.1) is 13.0 Å². The van der Waals surface area contributed by atoms with Crippen molar-refractivity contribution in [3.63, 3.8) is 0 Å². The van der Waals surface area contributed by atoms with E-state index in [0.29, 0.717) is 23.9 Å². The van der Waals surface area contributed by atoms with Crippen molar-refractivity contribution in [1.82, 2.24) is 4.90 Å². The Morgan fingerprint density at radius 2 is 2.08 bits per heavy atom. The second-order valence-electron chi connectivity index (χ2n) is 9.07. The highest BCUT2D eigenvalue weighted by Gasteiger charge is 2.52. The Morgan fingerprint density at radius 3 is 2.83 bits per heavy atom. The summed E-state index contributed by atoms with van der Waals surface area (Å²) in [6.45, 7) is 8.67. The van der Waals surface area contributed by atoms with Crippen molar-refractivity contribution >= 4 is 11.6 Å². The first-order valence-electron chi connectivity index (χ1n) is 9.03. The molecule has 3 unspecified atom stereocenters. The second kappa shape index (κ2) is 5.14. The van der Waals surface area contributed by atoms with Crippen molar-refractivity contribution < 1.29 is 9.53 Å². The Kier molecular flexibility index (Phi) is 3.38. The maximum absolute atomic E-state index is 13.4. The molecule has 2 fully saturated rings. The van der Waals surface area contributed by atoms with Gasteiger partial charge < -0.3 is 15.0 Å². The van der Waals surface area contributed by atoms with E-state index in [4.69, 9.17) is 4.74 Å². The summed E-state index contributed by atoms with van der Waals surface area (Å²) < 4.78 is 5.35. The number of rotatable bonds is 2. The van der Waals surface area contributed by atoms with Gasteiger partial charge in [0.15, 0.2) is 0 Å². The summed E-state index contributed by atoms with van der Waals surface area (Å²) in [5.41, 5.74) is 2.78. The smallest absolute Gasteiger partial charge is 0.232 e.